The second-order valence-corrected chi connectivity index (χ2v) is 5.90. The zero-order valence-electron chi connectivity index (χ0n) is 14.5. The zero-order valence-corrected chi connectivity index (χ0v) is 14.5. The van der Waals surface area contributed by atoms with Crippen LogP contribution in [0, 0.1) is 0 Å². The maximum atomic E-state index is 12.2. The number of hydrogen-bond donors (Lipinski definition) is 1. The lowest BCUT2D eigenvalue weighted by Crippen LogP contribution is -2.19. The van der Waals surface area contributed by atoms with Crippen molar-refractivity contribution in [2.75, 3.05) is 13.2 Å². The highest BCUT2D eigenvalue weighted by Gasteiger charge is 2.12. The van der Waals surface area contributed by atoms with Gasteiger partial charge in [0, 0.05) is 17.5 Å². The zero-order chi connectivity index (χ0) is 17.6. The number of ether oxygens (including phenoxy) is 2. The highest BCUT2D eigenvalue weighted by Crippen LogP contribution is 2.30. The van der Waals surface area contributed by atoms with E-state index < -0.39 is 0 Å². The summed E-state index contributed by atoms with van der Waals surface area (Å²) in [7, 11) is 0. The number of carbonyl (C=O) groups is 1. The van der Waals surface area contributed by atoms with Gasteiger partial charge in [0.05, 0.1) is 18.9 Å². The Morgan fingerprint density at radius 3 is 2.44 bits per heavy atom. The minimum atomic E-state index is -0.226. The SMILES string of the molecule is CCc1ccc(C(=O)N/N=C(/C)c2ccc3c(c2)OCCCO3)cc1. The van der Waals surface area contributed by atoms with Crippen molar-refractivity contribution in [3.8, 4) is 11.5 Å². The van der Waals surface area contributed by atoms with Gasteiger partial charge in [0.15, 0.2) is 11.5 Å². The van der Waals surface area contributed by atoms with E-state index >= 15 is 0 Å². The third-order valence-corrected chi connectivity index (χ3v) is 4.11. The van der Waals surface area contributed by atoms with Gasteiger partial charge in [-0.15, -0.1) is 0 Å². The number of hydrazone groups is 1. The number of nitrogens with zero attached hydrogens (tertiary/aromatic N) is 1. The summed E-state index contributed by atoms with van der Waals surface area (Å²) >= 11 is 0. The van der Waals surface area contributed by atoms with Gasteiger partial charge in [-0.3, -0.25) is 4.79 Å². The van der Waals surface area contributed by atoms with Crippen LogP contribution in [-0.2, 0) is 6.42 Å². The molecule has 0 unspecified atom stereocenters. The minimum absolute atomic E-state index is 0.226. The van der Waals surface area contributed by atoms with Gasteiger partial charge in [-0.2, -0.15) is 5.10 Å². The number of carbonyl (C=O) groups excluding carboxylic acids is 1. The monoisotopic (exact) mass is 338 g/mol. The van der Waals surface area contributed by atoms with Crippen LogP contribution in [-0.4, -0.2) is 24.8 Å². The highest BCUT2D eigenvalue weighted by molar-refractivity contribution is 6.01. The summed E-state index contributed by atoms with van der Waals surface area (Å²) in [6.45, 7) is 5.22. The minimum Gasteiger partial charge on any atom is -0.490 e. The molecule has 0 aliphatic carbocycles. The molecule has 1 aliphatic rings. The van der Waals surface area contributed by atoms with Crippen LogP contribution in [0.15, 0.2) is 47.6 Å². The van der Waals surface area contributed by atoms with Crippen molar-refractivity contribution in [2.24, 2.45) is 5.10 Å². The third-order valence-electron chi connectivity index (χ3n) is 4.11. The largest absolute Gasteiger partial charge is 0.490 e. The van der Waals surface area contributed by atoms with E-state index in [-0.39, 0.29) is 5.91 Å². The Hall–Kier alpha value is -2.82. The molecule has 0 radical (unpaired) electrons. The summed E-state index contributed by atoms with van der Waals surface area (Å²) in [6, 6.07) is 13.2. The predicted molar refractivity (Wildman–Crippen MR) is 97.5 cm³/mol. The maximum Gasteiger partial charge on any atom is 0.271 e. The Bertz CT molecular complexity index is 782. The van der Waals surface area contributed by atoms with Crippen LogP contribution >= 0.6 is 0 Å². The number of fused-ring (bicyclic) bond motifs is 1. The lowest BCUT2D eigenvalue weighted by molar-refractivity contribution is 0.0955. The fraction of sp³-hybridized carbons (Fsp3) is 0.300. The Kier molecular flexibility index (Phi) is 5.33. The molecule has 0 fully saturated rings. The number of rotatable bonds is 4. The second-order valence-electron chi connectivity index (χ2n) is 5.90. The molecule has 5 heteroatoms. The fourth-order valence-corrected chi connectivity index (χ4v) is 2.54. The molecule has 130 valence electrons. The fourth-order valence-electron chi connectivity index (χ4n) is 2.54. The molecule has 5 nitrogen and oxygen atoms in total. The molecule has 2 aromatic carbocycles. The second kappa shape index (κ2) is 7.83. The standard InChI is InChI=1S/C20H22N2O3/c1-3-15-5-7-16(8-6-15)20(23)22-21-14(2)17-9-10-18-19(13-17)25-12-4-11-24-18/h5-10,13H,3-4,11-12H2,1-2H3,(H,22,23)/b21-14-. The topological polar surface area (TPSA) is 59.9 Å². The van der Waals surface area contributed by atoms with E-state index in [4.69, 9.17) is 9.47 Å². The molecule has 1 heterocycles. The van der Waals surface area contributed by atoms with E-state index in [1.807, 2.05) is 49.4 Å². The van der Waals surface area contributed by atoms with Gasteiger partial charge in [-0.05, 0) is 49.2 Å². The van der Waals surface area contributed by atoms with Crippen LogP contribution in [0.2, 0.25) is 0 Å². The van der Waals surface area contributed by atoms with E-state index in [0.29, 0.717) is 30.2 Å². The van der Waals surface area contributed by atoms with E-state index in [1.54, 1.807) is 0 Å². The van der Waals surface area contributed by atoms with Gasteiger partial charge < -0.3 is 9.47 Å². The van der Waals surface area contributed by atoms with Crippen molar-refractivity contribution in [3.05, 3.63) is 59.2 Å². The summed E-state index contributed by atoms with van der Waals surface area (Å²) in [5.41, 5.74) is 5.98. The van der Waals surface area contributed by atoms with Crippen LogP contribution in [0.4, 0.5) is 0 Å². The molecule has 1 N–H and O–H groups in total. The average Bonchev–Trinajstić information content (AvgIpc) is 2.90. The van der Waals surface area contributed by atoms with E-state index in [2.05, 4.69) is 17.5 Å². The molecule has 0 aromatic heterocycles. The van der Waals surface area contributed by atoms with E-state index in [1.165, 1.54) is 5.56 Å². The first-order valence-electron chi connectivity index (χ1n) is 8.51. The van der Waals surface area contributed by atoms with E-state index in [9.17, 15) is 4.79 Å². The first kappa shape index (κ1) is 17.0. The normalized spacial score (nSPS) is 13.9. The lowest BCUT2D eigenvalue weighted by atomic mass is 10.1. The average molecular weight is 338 g/mol. The maximum absolute atomic E-state index is 12.2. The summed E-state index contributed by atoms with van der Waals surface area (Å²) < 4.78 is 11.3. The molecule has 1 amide bonds. The lowest BCUT2D eigenvalue weighted by Gasteiger charge is -2.09. The molecule has 0 saturated carbocycles. The number of aryl methyl sites for hydroxylation is 1. The summed E-state index contributed by atoms with van der Waals surface area (Å²) in [5.74, 6) is 1.23. The highest BCUT2D eigenvalue weighted by atomic mass is 16.5. The molecular formula is C20H22N2O3. The van der Waals surface area contributed by atoms with Crippen molar-refractivity contribution >= 4 is 11.6 Å². The molecule has 0 saturated heterocycles. The third kappa shape index (κ3) is 4.18. The van der Waals surface area contributed by atoms with Crippen molar-refractivity contribution in [3.63, 3.8) is 0 Å². The van der Waals surface area contributed by atoms with Crippen LogP contribution in [0.25, 0.3) is 0 Å². The summed E-state index contributed by atoms with van der Waals surface area (Å²) in [6.07, 6.45) is 1.81. The molecule has 0 bridgehead atoms. The predicted octanol–water partition coefficient (Wildman–Crippen LogP) is 3.56. The molecule has 1 aliphatic heterocycles. The summed E-state index contributed by atoms with van der Waals surface area (Å²) in [4.78, 5) is 12.2. The van der Waals surface area contributed by atoms with Crippen molar-refractivity contribution in [1.82, 2.24) is 5.43 Å². The molecular weight excluding hydrogens is 316 g/mol. The van der Waals surface area contributed by atoms with Crippen molar-refractivity contribution < 1.29 is 14.3 Å². The van der Waals surface area contributed by atoms with Gasteiger partial charge >= 0.3 is 0 Å². The van der Waals surface area contributed by atoms with Crippen molar-refractivity contribution in [2.45, 2.75) is 26.7 Å². The Morgan fingerprint density at radius 2 is 1.72 bits per heavy atom. The smallest absolute Gasteiger partial charge is 0.271 e. The molecule has 0 spiro atoms. The number of hydrogen-bond acceptors (Lipinski definition) is 4. The first-order chi connectivity index (χ1) is 12.2. The van der Waals surface area contributed by atoms with E-state index in [0.717, 1.165) is 24.2 Å². The van der Waals surface area contributed by atoms with Crippen LogP contribution in [0.5, 0.6) is 11.5 Å². The Balaban J connectivity index is 1.70. The quantitative estimate of drug-likeness (QED) is 0.685. The Labute approximate surface area is 147 Å². The van der Waals surface area contributed by atoms with Gasteiger partial charge in [-0.25, -0.2) is 5.43 Å². The first-order valence-corrected chi connectivity index (χ1v) is 8.51. The number of benzene rings is 2. The van der Waals surface area contributed by atoms with Gasteiger partial charge in [0.1, 0.15) is 0 Å². The van der Waals surface area contributed by atoms with Crippen LogP contribution < -0.4 is 14.9 Å². The van der Waals surface area contributed by atoms with Gasteiger partial charge in [0.2, 0.25) is 0 Å². The van der Waals surface area contributed by atoms with Crippen molar-refractivity contribution in [1.29, 1.82) is 0 Å². The van der Waals surface area contributed by atoms with Crippen LogP contribution in [0.1, 0.15) is 41.8 Å². The summed E-state index contributed by atoms with van der Waals surface area (Å²) in [5, 5.41) is 4.21. The number of nitrogens with one attached hydrogen (secondary N) is 1. The Morgan fingerprint density at radius 1 is 1.04 bits per heavy atom. The molecule has 25 heavy (non-hydrogen) atoms. The molecule has 2 aromatic rings. The molecule has 3 rings (SSSR count). The van der Waals surface area contributed by atoms with Crippen LogP contribution in [0.3, 0.4) is 0 Å². The van der Waals surface area contributed by atoms with Gasteiger partial charge in [0.25, 0.3) is 5.91 Å². The number of amides is 1. The van der Waals surface area contributed by atoms with Gasteiger partial charge in [-0.1, -0.05) is 19.1 Å². The molecule has 0 atom stereocenters.